The minimum absolute atomic E-state index is 0.00373. The molecule has 33 heavy (non-hydrogen) atoms. The Morgan fingerprint density at radius 3 is 2.39 bits per heavy atom. The van der Waals surface area contributed by atoms with Crippen LogP contribution in [0.2, 0.25) is 0 Å². The van der Waals surface area contributed by atoms with Crippen molar-refractivity contribution in [2.45, 2.75) is 30.1 Å². The first kappa shape index (κ1) is 21.8. The van der Waals surface area contributed by atoms with E-state index in [0.29, 0.717) is 5.75 Å². The average Bonchev–Trinajstić information content (AvgIpc) is 3.49. The highest BCUT2D eigenvalue weighted by atomic mass is 32.2. The zero-order valence-corrected chi connectivity index (χ0v) is 19.7. The third kappa shape index (κ3) is 4.08. The van der Waals surface area contributed by atoms with E-state index in [2.05, 4.69) is 5.32 Å². The van der Waals surface area contributed by atoms with Gasteiger partial charge < -0.3 is 19.3 Å². The van der Waals surface area contributed by atoms with Crippen molar-refractivity contribution in [3.8, 4) is 22.6 Å². The van der Waals surface area contributed by atoms with Gasteiger partial charge in [0.2, 0.25) is 12.7 Å². The fourth-order valence-electron chi connectivity index (χ4n) is 4.24. The maximum atomic E-state index is 13.2. The van der Waals surface area contributed by atoms with Gasteiger partial charge in [0.1, 0.15) is 0 Å². The molecular weight excluding hydrogens is 436 g/mol. The molecular formula is C26H26N2O4S. The first-order valence-electron chi connectivity index (χ1n) is 10.9. The predicted octanol–water partition coefficient (Wildman–Crippen LogP) is 4.65. The molecule has 1 unspecified atom stereocenters. The summed E-state index contributed by atoms with van der Waals surface area (Å²) in [5, 5.41) is 3.11. The molecule has 0 radical (unpaired) electrons. The summed E-state index contributed by atoms with van der Waals surface area (Å²) in [5.41, 5.74) is 4.41. The standard InChI is InChI=1S/C26H26N2O4S/c1-17-14-20(7-10-22(17)18-4-8-21(9-5-18)33(30)28(2)3)27-25(29)26(12-13-26)19-6-11-23-24(15-19)32-16-31-23/h4-11,14-15H,12-13,16H2,1-3H3,(H,27,29). The molecule has 3 aromatic carbocycles. The first-order chi connectivity index (χ1) is 15.9. The van der Waals surface area contributed by atoms with Crippen molar-refractivity contribution in [1.29, 1.82) is 0 Å². The Balaban J connectivity index is 1.32. The van der Waals surface area contributed by atoms with Crippen LogP contribution in [0.4, 0.5) is 5.69 Å². The van der Waals surface area contributed by atoms with Gasteiger partial charge in [0, 0.05) is 19.8 Å². The number of carbonyl (C=O) groups is 1. The number of fused-ring (bicyclic) bond motifs is 1. The maximum absolute atomic E-state index is 13.2. The number of nitrogens with one attached hydrogen (secondary N) is 1. The molecule has 1 heterocycles. The van der Waals surface area contributed by atoms with E-state index in [-0.39, 0.29) is 12.7 Å². The zero-order chi connectivity index (χ0) is 23.2. The number of aryl methyl sites for hydroxylation is 1. The van der Waals surface area contributed by atoms with Crippen LogP contribution >= 0.6 is 0 Å². The van der Waals surface area contributed by atoms with E-state index in [1.54, 1.807) is 18.4 Å². The van der Waals surface area contributed by atoms with Crippen LogP contribution in [0, 0.1) is 6.92 Å². The van der Waals surface area contributed by atoms with E-state index < -0.39 is 16.8 Å². The molecule has 1 N–H and O–H groups in total. The van der Waals surface area contributed by atoms with Gasteiger partial charge in [-0.3, -0.25) is 4.79 Å². The first-order valence-corrected chi connectivity index (χ1v) is 12.0. The molecule has 170 valence electrons. The lowest BCUT2D eigenvalue weighted by Crippen LogP contribution is -2.27. The summed E-state index contributed by atoms with van der Waals surface area (Å²) >= 11 is -1.16. The fraction of sp³-hybridized carbons (Fsp3) is 0.269. The van der Waals surface area contributed by atoms with E-state index in [1.807, 2.05) is 67.6 Å². The Morgan fingerprint density at radius 2 is 1.73 bits per heavy atom. The SMILES string of the molecule is Cc1cc(NC(=O)C2(c3ccc4c(c3)OCO4)CC2)ccc1-c1ccc([S+]([O-])N(C)C)cc1. The lowest BCUT2D eigenvalue weighted by molar-refractivity contribution is -0.118. The monoisotopic (exact) mass is 462 g/mol. The Kier molecular flexibility index (Phi) is 5.56. The minimum Gasteiger partial charge on any atom is -0.593 e. The average molecular weight is 463 g/mol. The number of hydrogen-bond donors (Lipinski definition) is 1. The van der Waals surface area contributed by atoms with Gasteiger partial charge in [-0.05, 0) is 90.6 Å². The van der Waals surface area contributed by atoms with Crippen LogP contribution in [0.3, 0.4) is 0 Å². The summed E-state index contributed by atoms with van der Waals surface area (Å²) < 4.78 is 24.8. The van der Waals surface area contributed by atoms with Gasteiger partial charge in [-0.2, -0.15) is 0 Å². The molecule has 2 aliphatic rings. The molecule has 1 fully saturated rings. The fourth-order valence-corrected chi connectivity index (χ4v) is 5.03. The maximum Gasteiger partial charge on any atom is 0.235 e. The molecule has 0 spiro atoms. The highest BCUT2D eigenvalue weighted by molar-refractivity contribution is 7.89. The Hall–Kier alpha value is -3.00. The van der Waals surface area contributed by atoms with Crippen molar-refractivity contribution in [1.82, 2.24) is 4.31 Å². The predicted molar refractivity (Wildman–Crippen MR) is 129 cm³/mol. The lowest BCUT2D eigenvalue weighted by Gasteiger charge is -2.17. The summed E-state index contributed by atoms with van der Waals surface area (Å²) in [7, 11) is 3.58. The second-order valence-corrected chi connectivity index (χ2v) is 10.4. The van der Waals surface area contributed by atoms with Crippen LogP contribution in [-0.2, 0) is 21.6 Å². The quantitative estimate of drug-likeness (QED) is 0.540. The molecule has 1 aliphatic heterocycles. The minimum atomic E-state index is -1.16. The number of nitrogens with zero attached hydrogens (tertiary/aromatic N) is 1. The molecule has 3 aromatic rings. The summed E-state index contributed by atoms with van der Waals surface area (Å²) in [6.45, 7) is 2.25. The highest BCUT2D eigenvalue weighted by Crippen LogP contribution is 2.51. The van der Waals surface area contributed by atoms with Crippen molar-refractivity contribution < 1.29 is 18.8 Å². The molecule has 5 rings (SSSR count). The number of carbonyl (C=O) groups excluding carboxylic acids is 1. The van der Waals surface area contributed by atoms with Gasteiger partial charge in [-0.1, -0.05) is 12.1 Å². The molecule has 1 amide bonds. The number of hydrogen-bond acceptors (Lipinski definition) is 5. The van der Waals surface area contributed by atoms with Gasteiger partial charge >= 0.3 is 0 Å². The van der Waals surface area contributed by atoms with Crippen molar-refractivity contribution in [3.63, 3.8) is 0 Å². The van der Waals surface area contributed by atoms with E-state index in [0.717, 1.165) is 51.4 Å². The highest BCUT2D eigenvalue weighted by Gasteiger charge is 2.51. The Morgan fingerprint density at radius 1 is 1.00 bits per heavy atom. The summed E-state index contributed by atoms with van der Waals surface area (Å²) in [6.07, 6.45) is 1.63. The van der Waals surface area contributed by atoms with Crippen molar-refractivity contribution in [2.75, 3.05) is 26.2 Å². The van der Waals surface area contributed by atoms with Gasteiger partial charge in [0.25, 0.3) is 0 Å². The number of benzene rings is 3. The van der Waals surface area contributed by atoms with E-state index in [9.17, 15) is 9.35 Å². The molecule has 1 aliphatic carbocycles. The van der Waals surface area contributed by atoms with Crippen LogP contribution in [0.1, 0.15) is 24.0 Å². The van der Waals surface area contributed by atoms with Crippen LogP contribution in [0.25, 0.3) is 11.1 Å². The van der Waals surface area contributed by atoms with Gasteiger partial charge in [0.05, 0.1) is 16.8 Å². The Bertz CT molecular complexity index is 1210. The van der Waals surface area contributed by atoms with Crippen molar-refractivity contribution >= 4 is 23.0 Å². The summed E-state index contributed by atoms with van der Waals surface area (Å²) in [6, 6.07) is 19.5. The smallest absolute Gasteiger partial charge is 0.235 e. The second-order valence-electron chi connectivity index (χ2n) is 8.72. The van der Waals surface area contributed by atoms with Crippen LogP contribution in [-0.4, -0.2) is 35.7 Å². The Labute approximate surface area is 196 Å². The van der Waals surface area contributed by atoms with E-state index >= 15 is 0 Å². The van der Waals surface area contributed by atoms with Crippen molar-refractivity contribution in [2.24, 2.45) is 0 Å². The molecule has 1 atom stereocenters. The summed E-state index contributed by atoms with van der Waals surface area (Å²) in [5.74, 6) is 1.43. The third-order valence-corrected chi connectivity index (χ3v) is 7.63. The topological polar surface area (TPSA) is 73.9 Å². The van der Waals surface area contributed by atoms with Crippen molar-refractivity contribution in [3.05, 3.63) is 71.8 Å². The molecule has 7 heteroatoms. The zero-order valence-electron chi connectivity index (χ0n) is 18.9. The molecule has 0 bridgehead atoms. The third-order valence-electron chi connectivity index (χ3n) is 6.29. The molecule has 0 aromatic heterocycles. The van der Waals surface area contributed by atoms with E-state index in [4.69, 9.17) is 9.47 Å². The number of amides is 1. The van der Waals surface area contributed by atoms with Gasteiger partial charge in [0.15, 0.2) is 16.4 Å². The van der Waals surface area contributed by atoms with Gasteiger partial charge in [-0.15, -0.1) is 4.31 Å². The van der Waals surface area contributed by atoms with Crippen LogP contribution in [0.15, 0.2) is 65.6 Å². The number of ether oxygens (including phenoxy) is 2. The molecule has 1 saturated carbocycles. The normalized spacial score (nSPS) is 16.5. The van der Waals surface area contributed by atoms with E-state index in [1.165, 1.54) is 0 Å². The second kappa shape index (κ2) is 8.41. The molecule has 0 saturated heterocycles. The van der Waals surface area contributed by atoms with Crippen LogP contribution in [0.5, 0.6) is 11.5 Å². The number of rotatable bonds is 6. The molecule has 6 nitrogen and oxygen atoms in total. The van der Waals surface area contributed by atoms with Gasteiger partial charge in [-0.25, -0.2) is 0 Å². The lowest BCUT2D eigenvalue weighted by atomic mass is 9.94. The number of anilines is 1. The summed E-state index contributed by atoms with van der Waals surface area (Å²) in [4.78, 5) is 14.0. The van der Waals surface area contributed by atoms with Crippen LogP contribution < -0.4 is 14.8 Å². The largest absolute Gasteiger partial charge is 0.593 e.